The monoisotopic (exact) mass is 372 g/mol. The van der Waals surface area contributed by atoms with Gasteiger partial charge < -0.3 is 10.6 Å². The second-order valence-electron chi connectivity index (χ2n) is 5.19. The van der Waals surface area contributed by atoms with Gasteiger partial charge in [0.1, 0.15) is 5.82 Å². The number of amides is 1. The summed E-state index contributed by atoms with van der Waals surface area (Å²) in [7, 11) is 0. The van der Waals surface area contributed by atoms with Crippen molar-refractivity contribution in [2.24, 2.45) is 0 Å². The molecule has 3 rings (SSSR count). The Bertz CT molecular complexity index is 870. The summed E-state index contributed by atoms with van der Waals surface area (Å²) in [6.45, 7) is 0.572. The number of carbonyl (C=O) groups is 1. The smallest absolute Gasteiger partial charge is 0.255 e. The van der Waals surface area contributed by atoms with Crippen molar-refractivity contribution in [2.45, 2.75) is 6.54 Å². The summed E-state index contributed by atoms with van der Waals surface area (Å²) >= 11 is 11.8. The van der Waals surface area contributed by atoms with Crippen molar-refractivity contribution in [1.29, 1.82) is 0 Å². The van der Waals surface area contributed by atoms with Crippen LogP contribution in [0.25, 0.3) is 0 Å². The summed E-state index contributed by atoms with van der Waals surface area (Å²) in [6, 6.07) is 14.0. The summed E-state index contributed by atoms with van der Waals surface area (Å²) in [5.41, 5.74) is 1.92. The fourth-order valence-corrected chi connectivity index (χ4v) is 2.39. The number of aromatic nitrogens is 2. The molecule has 2 N–H and O–H groups in total. The van der Waals surface area contributed by atoms with Crippen molar-refractivity contribution >= 4 is 40.6 Å². The quantitative estimate of drug-likeness (QED) is 0.683. The fraction of sp³-hybridized carbons (Fsp3) is 0.0556. The highest BCUT2D eigenvalue weighted by Gasteiger charge is 2.08. The normalized spacial score (nSPS) is 10.3. The van der Waals surface area contributed by atoms with Crippen molar-refractivity contribution in [1.82, 2.24) is 9.97 Å². The maximum Gasteiger partial charge on any atom is 0.255 e. The van der Waals surface area contributed by atoms with Gasteiger partial charge in [-0.25, -0.2) is 4.98 Å². The average Bonchev–Trinajstić information content (AvgIpc) is 2.64. The van der Waals surface area contributed by atoms with E-state index in [1.807, 2.05) is 18.2 Å². The number of nitrogens with zero attached hydrogens (tertiary/aromatic N) is 2. The van der Waals surface area contributed by atoms with Crippen LogP contribution < -0.4 is 10.6 Å². The van der Waals surface area contributed by atoms with Crippen molar-refractivity contribution < 1.29 is 4.79 Å². The summed E-state index contributed by atoms with van der Waals surface area (Å²) < 4.78 is 0. The molecule has 0 unspecified atom stereocenters. The molecule has 5 nitrogen and oxygen atoms in total. The second-order valence-corrected chi connectivity index (χ2v) is 6.00. The Morgan fingerprint density at radius 2 is 1.88 bits per heavy atom. The Balaban J connectivity index is 1.60. The molecule has 25 heavy (non-hydrogen) atoms. The summed E-state index contributed by atoms with van der Waals surface area (Å²) in [5.74, 6) is 0.410. The van der Waals surface area contributed by atoms with Gasteiger partial charge in [-0.2, -0.15) is 0 Å². The standard InChI is InChI=1S/C18H14Cl2N4O/c19-15-6-4-12(9-16(15)20)18(25)24-14-5-7-17(23-11-14)22-10-13-3-1-2-8-21-13/h1-9,11H,10H2,(H,22,23)(H,24,25). The first kappa shape index (κ1) is 17.2. The predicted molar refractivity (Wildman–Crippen MR) is 100 cm³/mol. The number of hydrogen-bond donors (Lipinski definition) is 2. The van der Waals surface area contributed by atoms with Gasteiger partial charge in [-0.15, -0.1) is 0 Å². The van der Waals surface area contributed by atoms with Crippen LogP contribution in [0.2, 0.25) is 10.0 Å². The van der Waals surface area contributed by atoms with Gasteiger partial charge in [0.15, 0.2) is 0 Å². The molecule has 0 fully saturated rings. The number of nitrogens with one attached hydrogen (secondary N) is 2. The maximum absolute atomic E-state index is 12.2. The van der Waals surface area contributed by atoms with E-state index in [2.05, 4.69) is 20.6 Å². The molecule has 0 saturated heterocycles. The largest absolute Gasteiger partial charge is 0.364 e. The summed E-state index contributed by atoms with van der Waals surface area (Å²) in [6.07, 6.45) is 3.32. The summed E-state index contributed by atoms with van der Waals surface area (Å²) in [4.78, 5) is 20.7. The average molecular weight is 373 g/mol. The van der Waals surface area contributed by atoms with Crippen LogP contribution in [-0.4, -0.2) is 15.9 Å². The second kappa shape index (κ2) is 7.96. The van der Waals surface area contributed by atoms with Gasteiger partial charge in [0.25, 0.3) is 5.91 Å². The van der Waals surface area contributed by atoms with E-state index in [0.717, 1.165) is 5.69 Å². The van der Waals surface area contributed by atoms with Gasteiger partial charge in [0.2, 0.25) is 0 Å². The Hall–Kier alpha value is -2.63. The van der Waals surface area contributed by atoms with Gasteiger partial charge in [0.05, 0.1) is 34.2 Å². The van der Waals surface area contributed by atoms with E-state index in [0.29, 0.717) is 33.7 Å². The molecule has 0 atom stereocenters. The molecule has 7 heteroatoms. The molecule has 0 bridgehead atoms. The van der Waals surface area contributed by atoms with Crippen LogP contribution in [0.15, 0.2) is 60.9 Å². The van der Waals surface area contributed by atoms with E-state index in [1.54, 1.807) is 36.7 Å². The number of carbonyl (C=O) groups excluding carboxylic acids is 1. The zero-order chi connectivity index (χ0) is 17.6. The van der Waals surface area contributed by atoms with Crippen LogP contribution in [0.1, 0.15) is 16.1 Å². The Kier molecular flexibility index (Phi) is 5.48. The number of benzene rings is 1. The van der Waals surface area contributed by atoms with Gasteiger partial charge in [-0.1, -0.05) is 29.3 Å². The molecule has 0 aliphatic carbocycles. The third kappa shape index (κ3) is 4.68. The highest BCUT2D eigenvalue weighted by Crippen LogP contribution is 2.23. The fourth-order valence-electron chi connectivity index (χ4n) is 2.10. The van der Waals surface area contributed by atoms with Crippen molar-refractivity contribution in [2.75, 3.05) is 10.6 Å². The highest BCUT2D eigenvalue weighted by atomic mass is 35.5. The Morgan fingerprint density at radius 1 is 1.00 bits per heavy atom. The van der Waals surface area contributed by atoms with Gasteiger partial charge >= 0.3 is 0 Å². The lowest BCUT2D eigenvalue weighted by Gasteiger charge is -2.08. The predicted octanol–water partition coefficient (Wildman–Crippen LogP) is 4.65. The molecular weight excluding hydrogens is 359 g/mol. The Labute approximate surface area is 155 Å². The van der Waals surface area contributed by atoms with E-state index in [9.17, 15) is 4.79 Å². The lowest BCUT2D eigenvalue weighted by Crippen LogP contribution is -2.12. The minimum atomic E-state index is -0.283. The first-order valence-corrected chi connectivity index (χ1v) is 8.23. The van der Waals surface area contributed by atoms with E-state index >= 15 is 0 Å². The summed E-state index contributed by atoms with van der Waals surface area (Å²) in [5, 5.41) is 6.67. The van der Waals surface area contributed by atoms with E-state index in [-0.39, 0.29) is 5.91 Å². The van der Waals surface area contributed by atoms with Crippen molar-refractivity contribution in [3.8, 4) is 0 Å². The molecule has 2 aromatic heterocycles. The molecule has 1 amide bonds. The third-order valence-electron chi connectivity index (χ3n) is 3.38. The lowest BCUT2D eigenvalue weighted by atomic mass is 10.2. The molecule has 0 spiro atoms. The molecule has 0 saturated carbocycles. The lowest BCUT2D eigenvalue weighted by molar-refractivity contribution is 0.102. The Morgan fingerprint density at radius 3 is 2.56 bits per heavy atom. The van der Waals surface area contributed by atoms with Gasteiger partial charge in [-0.05, 0) is 42.5 Å². The highest BCUT2D eigenvalue weighted by molar-refractivity contribution is 6.42. The van der Waals surface area contributed by atoms with Crippen LogP contribution in [0.5, 0.6) is 0 Å². The number of pyridine rings is 2. The van der Waals surface area contributed by atoms with Crippen LogP contribution in [0.4, 0.5) is 11.5 Å². The molecule has 0 radical (unpaired) electrons. The minimum absolute atomic E-state index is 0.283. The van der Waals surface area contributed by atoms with E-state index < -0.39 is 0 Å². The molecule has 0 aliphatic heterocycles. The zero-order valence-electron chi connectivity index (χ0n) is 13.0. The third-order valence-corrected chi connectivity index (χ3v) is 4.12. The van der Waals surface area contributed by atoms with Crippen molar-refractivity contribution in [3.63, 3.8) is 0 Å². The first-order chi connectivity index (χ1) is 12.1. The van der Waals surface area contributed by atoms with Crippen LogP contribution >= 0.6 is 23.2 Å². The molecule has 126 valence electrons. The van der Waals surface area contributed by atoms with Crippen molar-refractivity contribution in [3.05, 3.63) is 82.2 Å². The molecule has 3 aromatic rings. The number of hydrogen-bond acceptors (Lipinski definition) is 4. The zero-order valence-corrected chi connectivity index (χ0v) is 14.6. The topological polar surface area (TPSA) is 66.9 Å². The number of rotatable bonds is 5. The molecule has 2 heterocycles. The van der Waals surface area contributed by atoms with Crippen LogP contribution in [0.3, 0.4) is 0 Å². The molecule has 1 aromatic carbocycles. The maximum atomic E-state index is 12.2. The first-order valence-electron chi connectivity index (χ1n) is 7.48. The minimum Gasteiger partial charge on any atom is -0.364 e. The molecule has 0 aliphatic rings. The molecular formula is C18H14Cl2N4O. The number of anilines is 2. The SMILES string of the molecule is O=C(Nc1ccc(NCc2ccccn2)nc1)c1ccc(Cl)c(Cl)c1. The van der Waals surface area contributed by atoms with Gasteiger partial charge in [0, 0.05) is 11.8 Å². The number of halogens is 2. The van der Waals surface area contributed by atoms with E-state index in [4.69, 9.17) is 23.2 Å². The van der Waals surface area contributed by atoms with Crippen LogP contribution in [-0.2, 0) is 6.54 Å². The van der Waals surface area contributed by atoms with Gasteiger partial charge in [-0.3, -0.25) is 9.78 Å². The van der Waals surface area contributed by atoms with E-state index in [1.165, 1.54) is 6.07 Å². The van der Waals surface area contributed by atoms with Crippen LogP contribution in [0, 0.1) is 0 Å².